The van der Waals surface area contributed by atoms with Gasteiger partial charge in [-0.2, -0.15) is 0 Å². The van der Waals surface area contributed by atoms with E-state index in [4.69, 9.17) is 10.7 Å². The predicted octanol–water partition coefficient (Wildman–Crippen LogP) is 4.14. The molecule has 0 spiro atoms. The van der Waals surface area contributed by atoms with Crippen LogP contribution in [0.3, 0.4) is 0 Å². The van der Waals surface area contributed by atoms with Crippen LogP contribution in [0.15, 0.2) is 22.7 Å². The van der Waals surface area contributed by atoms with Crippen molar-refractivity contribution in [1.82, 2.24) is 4.98 Å². The summed E-state index contributed by atoms with van der Waals surface area (Å²) in [5.41, 5.74) is 10.0. The molecule has 0 saturated carbocycles. The highest BCUT2D eigenvalue weighted by Gasteiger charge is 2.19. The van der Waals surface area contributed by atoms with E-state index in [0.717, 1.165) is 21.5 Å². The number of hydrogen-bond acceptors (Lipinski definition) is 3. The number of aryl methyl sites for hydroxylation is 3. The first-order chi connectivity index (χ1) is 9.15. The first-order valence-electron chi connectivity index (χ1n) is 6.65. The highest BCUT2D eigenvalue weighted by atomic mass is 79.9. The summed E-state index contributed by atoms with van der Waals surface area (Å²) in [6.07, 6.45) is 4.86. The molecule has 0 amide bonds. The van der Waals surface area contributed by atoms with Gasteiger partial charge in [0.2, 0.25) is 0 Å². The van der Waals surface area contributed by atoms with Crippen molar-refractivity contribution in [3.63, 3.8) is 0 Å². The zero-order valence-electron chi connectivity index (χ0n) is 10.9. The second kappa shape index (κ2) is 5.35. The first kappa shape index (κ1) is 13.3. The third-order valence-electron chi connectivity index (χ3n) is 3.68. The number of aromatic nitrogens is 1. The lowest BCUT2D eigenvalue weighted by atomic mass is 10.0. The second-order valence-corrected chi connectivity index (χ2v) is 7.08. The number of hydrogen-bond donors (Lipinski definition) is 1. The van der Waals surface area contributed by atoms with Crippen LogP contribution in [0.2, 0.25) is 0 Å². The molecular formula is C15H17BrN2S. The van der Waals surface area contributed by atoms with Gasteiger partial charge >= 0.3 is 0 Å². The van der Waals surface area contributed by atoms with Crippen LogP contribution in [-0.4, -0.2) is 4.98 Å². The highest BCUT2D eigenvalue weighted by Crippen LogP contribution is 2.32. The van der Waals surface area contributed by atoms with Crippen LogP contribution < -0.4 is 5.73 Å². The van der Waals surface area contributed by atoms with E-state index in [-0.39, 0.29) is 6.04 Å². The average Bonchev–Trinajstić information content (AvgIpc) is 2.85. The molecule has 1 heterocycles. The van der Waals surface area contributed by atoms with Crippen LogP contribution in [0.25, 0.3) is 0 Å². The number of thiazole rings is 1. The molecule has 0 aliphatic heterocycles. The Hall–Kier alpha value is -0.710. The summed E-state index contributed by atoms with van der Waals surface area (Å²) in [5.74, 6) is 0. The van der Waals surface area contributed by atoms with E-state index < -0.39 is 0 Å². The Balaban J connectivity index is 1.92. The van der Waals surface area contributed by atoms with Crippen LogP contribution in [0.4, 0.5) is 0 Å². The summed E-state index contributed by atoms with van der Waals surface area (Å²) in [5, 5.41) is 1.06. The van der Waals surface area contributed by atoms with Crippen LogP contribution in [0.5, 0.6) is 0 Å². The lowest BCUT2D eigenvalue weighted by molar-refractivity contribution is 0.678. The van der Waals surface area contributed by atoms with E-state index in [1.54, 1.807) is 11.3 Å². The van der Waals surface area contributed by atoms with Gasteiger partial charge in [-0.25, -0.2) is 4.98 Å². The van der Waals surface area contributed by atoms with E-state index in [1.807, 2.05) is 0 Å². The van der Waals surface area contributed by atoms with Crippen molar-refractivity contribution in [2.45, 2.75) is 38.6 Å². The third kappa shape index (κ3) is 2.62. The maximum absolute atomic E-state index is 6.37. The maximum Gasteiger partial charge on any atom is 0.114 e. The molecule has 0 radical (unpaired) electrons. The van der Waals surface area contributed by atoms with Crippen molar-refractivity contribution in [2.24, 2.45) is 5.73 Å². The van der Waals surface area contributed by atoms with Crippen LogP contribution >= 0.6 is 27.3 Å². The molecule has 0 saturated heterocycles. The molecule has 2 aromatic rings. The summed E-state index contributed by atoms with van der Waals surface area (Å²) in [6.45, 7) is 2.08. The van der Waals surface area contributed by atoms with Crippen LogP contribution in [-0.2, 0) is 12.8 Å². The van der Waals surface area contributed by atoms with E-state index in [1.165, 1.54) is 35.4 Å². The smallest absolute Gasteiger partial charge is 0.114 e. The molecule has 0 fully saturated rings. The quantitative estimate of drug-likeness (QED) is 0.894. The van der Waals surface area contributed by atoms with E-state index in [2.05, 4.69) is 41.1 Å². The predicted molar refractivity (Wildman–Crippen MR) is 83.7 cm³/mol. The molecule has 2 N–H and O–H groups in total. The maximum atomic E-state index is 6.37. The second-order valence-electron chi connectivity index (χ2n) is 5.12. The Kier molecular flexibility index (Phi) is 3.74. The Morgan fingerprint density at radius 2 is 2.11 bits per heavy atom. The number of rotatable bonds is 2. The average molecular weight is 337 g/mol. The van der Waals surface area contributed by atoms with Crippen molar-refractivity contribution in [3.05, 3.63) is 49.4 Å². The lowest BCUT2D eigenvalue weighted by Crippen LogP contribution is -2.11. The SMILES string of the molecule is Cc1ccc(C(N)c2nc3c(s2)CCCC3)cc1Br. The molecule has 1 atom stereocenters. The van der Waals surface area contributed by atoms with Gasteiger partial charge in [-0.3, -0.25) is 0 Å². The molecule has 3 rings (SSSR count). The van der Waals surface area contributed by atoms with Crippen LogP contribution in [0.1, 0.15) is 45.6 Å². The largest absolute Gasteiger partial charge is 0.318 e. The molecule has 2 nitrogen and oxygen atoms in total. The number of nitrogens with zero attached hydrogens (tertiary/aromatic N) is 1. The molecule has 0 bridgehead atoms. The molecule has 1 unspecified atom stereocenters. The Bertz CT molecular complexity index is 583. The van der Waals surface area contributed by atoms with Crippen molar-refractivity contribution >= 4 is 27.3 Å². The Morgan fingerprint density at radius 3 is 2.84 bits per heavy atom. The monoisotopic (exact) mass is 336 g/mol. The van der Waals surface area contributed by atoms with Gasteiger partial charge in [0.25, 0.3) is 0 Å². The van der Waals surface area contributed by atoms with Gasteiger partial charge in [0.05, 0.1) is 11.7 Å². The molecule has 1 aromatic heterocycles. The molecular weight excluding hydrogens is 320 g/mol. The number of halogens is 1. The minimum Gasteiger partial charge on any atom is -0.318 e. The van der Waals surface area contributed by atoms with Crippen molar-refractivity contribution in [2.75, 3.05) is 0 Å². The summed E-state index contributed by atoms with van der Waals surface area (Å²) in [7, 11) is 0. The third-order valence-corrected chi connectivity index (χ3v) is 5.78. The summed E-state index contributed by atoms with van der Waals surface area (Å²) < 4.78 is 1.11. The van der Waals surface area contributed by atoms with E-state index in [0.29, 0.717) is 0 Å². The van der Waals surface area contributed by atoms with E-state index in [9.17, 15) is 0 Å². The summed E-state index contributed by atoms with van der Waals surface area (Å²) in [4.78, 5) is 6.20. The minimum absolute atomic E-state index is 0.104. The van der Waals surface area contributed by atoms with E-state index >= 15 is 0 Å². The number of fused-ring (bicyclic) bond motifs is 1. The van der Waals surface area contributed by atoms with Gasteiger partial charge in [0, 0.05) is 9.35 Å². The fourth-order valence-electron chi connectivity index (χ4n) is 2.45. The number of nitrogens with two attached hydrogens (primary N) is 1. The van der Waals surface area contributed by atoms with Gasteiger partial charge in [0.1, 0.15) is 5.01 Å². The molecule has 100 valence electrons. The molecule has 19 heavy (non-hydrogen) atoms. The topological polar surface area (TPSA) is 38.9 Å². The minimum atomic E-state index is -0.104. The normalized spacial score (nSPS) is 16.2. The zero-order chi connectivity index (χ0) is 13.4. The van der Waals surface area contributed by atoms with Gasteiger partial charge in [-0.15, -0.1) is 11.3 Å². The Morgan fingerprint density at radius 1 is 1.32 bits per heavy atom. The van der Waals surface area contributed by atoms with Gasteiger partial charge in [-0.05, 0) is 49.8 Å². The van der Waals surface area contributed by atoms with Gasteiger partial charge in [0.15, 0.2) is 0 Å². The number of benzene rings is 1. The fraction of sp³-hybridized carbons (Fsp3) is 0.400. The lowest BCUT2D eigenvalue weighted by Gasteiger charge is -2.10. The summed E-state index contributed by atoms with van der Waals surface area (Å²) >= 11 is 5.37. The zero-order valence-corrected chi connectivity index (χ0v) is 13.4. The van der Waals surface area contributed by atoms with Gasteiger partial charge in [-0.1, -0.05) is 28.1 Å². The molecule has 1 aliphatic carbocycles. The van der Waals surface area contributed by atoms with Crippen molar-refractivity contribution in [1.29, 1.82) is 0 Å². The van der Waals surface area contributed by atoms with Crippen molar-refractivity contribution < 1.29 is 0 Å². The summed E-state index contributed by atoms with van der Waals surface area (Å²) in [6, 6.07) is 6.21. The van der Waals surface area contributed by atoms with Gasteiger partial charge < -0.3 is 5.73 Å². The molecule has 1 aromatic carbocycles. The van der Waals surface area contributed by atoms with Crippen LogP contribution in [0, 0.1) is 6.92 Å². The standard InChI is InChI=1S/C15H17BrN2S/c1-9-6-7-10(8-11(9)16)14(17)15-18-12-4-2-3-5-13(12)19-15/h6-8,14H,2-5,17H2,1H3. The molecule has 1 aliphatic rings. The first-order valence-corrected chi connectivity index (χ1v) is 8.26. The van der Waals surface area contributed by atoms with Crippen molar-refractivity contribution in [3.8, 4) is 0 Å². The highest BCUT2D eigenvalue weighted by molar-refractivity contribution is 9.10. The molecule has 4 heteroatoms. The Labute approximate surface area is 126 Å². The fourth-order valence-corrected chi connectivity index (χ4v) is 4.03.